The topological polar surface area (TPSA) is 95.3 Å². The van der Waals surface area contributed by atoms with E-state index in [1.165, 1.54) is 17.9 Å². The van der Waals surface area contributed by atoms with E-state index in [9.17, 15) is 9.59 Å². The molecule has 0 radical (unpaired) electrons. The number of ether oxygens (including phenoxy) is 2. The zero-order valence-corrected chi connectivity index (χ0v) is 15.8. The summed E-state index contributed by atoms with van der Waals surface area (Å²) in [6, 6.07) is 4.97. The lowest BCUT2D eigenvalue weighted by Gasteiger charge is -2.19. The molecule has 2 heterocycles. The average Bonchev–Trinajstić information content (AvgIpc) is 2.88. The van der Waals surface area contributed by atoms with Gasteiger partial charge in [-0.3, -0.25) is 5.32 Å². The standard InChI is InChI=1S/C15H17IN4O4/c1-15(2,3)24-14(22)18-12-8-10(13(21)23-4)19-20(12)11-7-9(16)5-6-17-11/h5-8H,1-4H3,(H,18,22). The molecule has 0 spiro atoms. The quantitative estimate of drug-likeness (QED) is 0.578. The molecule has 0 bridgehead atoms. The SMILES string of the molecule is COC(=O)c1cc(NC(=O)OC(C)(C)C)n(-c2cc(I)ccn2)n1. The first-order valence-electron chi connectivity index (χ1n) is 7.00. The van der Waals surface area contributed by atoms with Crippen molar-refractivity contribution in [2.24, 2.45) is 0 Å². The van der Waals surface area contributed by atoms with Crippen molar-refractivity contribution in [3.05, 3.63) is 33.7 Å². The lowest BCUT2D eigenvalue weighted by Crippen LogP contribution is -2.28. The van der Waals surface area contributed by atoms with Crippen molar-refractivity contribution in [1.82, 2.24) is 14.8 Å². The monoisotopic (exact) mass is 444 g/mol. The van der Waals surface area contributed by atoms with Crippen LogP contribution in [0.1, 0.15) is 31.3 Å². The Kier molecular flexibility index (Phi) is 5.42. The van der Waals surface area contributed by atoms with Gasteiger partial charge in [-0.1, -0.05) is 0 Å². The van der Waals surface area contributed by atoms with E-state index in [0.29, 0.717) is 5.82 Å². The second-order valence-electron chi connectivity index (χ2n) is 5.78. The number of amides is 1. The number of hydrogen-bond acceptors (Lipinski definition) is 6. The number of aromatic nitrogens is 3. The van der Waals surface area contributed by atoms with Gasteiger partial charge in [0.05, 0.1) is 7.11 Å². The third kappa shape index (κ3) is 4.66. The smallest absolute Gasteiger partial charge is 0.413 e. The summed E-state index contributed by atoms with van der Waals surface area (Å²) in [6.45, 7) is 5.26. The average molecular weight is 444 g/mol. The fourth-order valence-electron chi connectivity index (χ4n) is 1.77. The molecule has 24 heavy (non-hydrogen) atoms. The fourth-order valence-corrected chi connectivity index (χ4v) is 2.21. The van der Waals surface area contributed by atoms with Crippen molar-refractivity contribution in [2.45, 2.75) is 26.4 Å². The predicted molar refractivity (Wildman–Crippen MR) is 95.3 cm³/mol. The van der Waals surface area contributed by atoms with Crippen molar-refractivity contribution in [3.8, 4) is 5.82 Å². The highest BCUT2D eigenvalue weighted by Gasteiger charge is 2.21. The van der Waals surface area contributed by atoms with Gasteiger partial charge in [0.15, 0.2) is 11.5 Å². The van der Waals surface area contributed by atoms with Crippen LogP contribution in [0, 0.1) is 3.57 Å². The van der Waals surface area contributed by atoms with Gasteiger partial charge in [0.25, 0.3) is 0 Å². The van der Waals surface area contributed by atoms with Crippen molar-refractivity contribution in [3.63, 3.8) is 0 Å². The van der Waals surface area contributed by atoms with Gasteiger partial charge in [-0.25, -0.2) is 14.6 Å². The second kappa shape index (κ2) is 7.16. The van der Waals surface area contributed by atoms with E-state index in [1.807, 2.05) is 6.07 Å². The van der Waals surface area contributed by atoms with Crippen LogP contribution in [0.25, 0.3) is 5.82 Å². The number of nitrogens with one attached hydrogen (secondary N) is 1. The number of anilines is 1. The predicted octanol–water partition coefficient (Wildman–Crippen LogP) is 3.01. The number of esters is 1. The van der Waals surface area contributed by atoms with Crippen molar-refractivity contribution < 1.29 is 19.1 Å². The Morgan fingerprint density at radius 2 is 2.00 bits per heavy atom. The maximum absolute atomic E-state index is 12.0. The molecule has 9 heteroatoms. The normalized spacial score (nSPS) is 11.0. The van der Waals surface area contributed by atoms with Crippen LogP contribution in [0.3, 0.4) is 0 Å². The number of nitrogens with zero attached hydrogens (tertiary/aromatic N) is 3. The summed E-state index contributed by atoms with van der Waals surface area (Å²) < 4.78 is 12.2. The minimum atomic E-state index is -0.661. The van der Waals surface area contributed by atoms with Gasteiger partial charge < -0.3 is 9.47 Å². The van der Waals surface area contributed by atoms with E-state index in [2.05, 4.69) is 42.7 Å². The molecule has 0 aliphatic rings. The van der Waals surface area contributed by atoms with Gasteiger partial charge in [-0.05, 0) is 55.5 Å². The third-order valence-electron chi connectivity index (χ3n) is 2.66. The molecule has 0 aliphatic heterocycles. The Balaban J connectivity index is 2.39. The van der Waals surface area contributed by atoms with E-state index in [-0.39, 0.29) is 11.5 Å². The lowest BCUT2D eigenvalue weighted by atomic mass is 10.2. The lowest BCUT2D eigenvalue weighted by molar-refractivity contribution is 0.0591. The molecule has 8 nitrogen and oxygen atoms in total. The molecule has 0 aliphatic carbocycles. The summed E-state index contributed by atoms with van der Waals surface area (Å²) in [4.78, 5) is 27.9. The van der Waals surface area contributed by atoms with Crippen LogP contribution in [0.4, 0.5) is 10.6 Å². The molecular formula is C15H17IN4O4. The summed E-state index contributed by atoms with van der Waals surface area (Å²) in [6.07, 6.45) is 0.944. The van der Waals surface area contributed by atoms with Crippen molar-refractivity contribution in [2.75, 3.05) is 12.4 Å². The van der Waals surface area contributed by atoms with Crippen molar-refractivity contribution >= 4 is 40.5 Å². The van der Waals surface area contributed by atoms with E-state index in [1.54, 1.807) is 33.0 Å². The van der Waals surface area contributed by atoms with Crippen LogP contribution in [-0.2, 0) is 9.47 Å². The van der Waals surface area contributed by atoms with Crippen LogP contribution in [-0.4, -0.2) is 39.5 Å². The van der Waals surface area contributed by atoms with Gasteiger partial charge in [-0.15, -0.1) is 0 Å². The number of carbonyl (C=O) groups is 2. The fraction of sp³-hybridized carbons (Fsp3) is 0.333. The van der Waals surface area contributed by atoms with Crippen LogP contribution in [0.5, 0.6) is 0 Å². The van der Waals surface area contributed by atoms with Gasteiger partial charge in [0, 0.05) is 15.8 Å². The van der Waals surface area contributed by atoms with Gasteiger partial charge in [0.2, 0.25) is 0 Å². The minimum Gasteiger partial charge on any atom is -0.464 e. The summed E-state index contributed by atoms with van der Waals surface area (Å²) in [7, 11) is 1.26. The number of methoxy groups -OCH3 is 1. The molecule has 1 amide bonds. The number of pyridine rings is 1. The molecular weight excluding hydrogens is 427 g/mol. The molecule has 0 aromatic carbocycles. The van der Waals surface area contributed by atoms with E-state index in [0.717, 1.165) is 3.57 Å². The van der Waals surface area contributed by atoms with Crippen LogP contribution >= 0.6 is 22.6 Å². The Bertz CT molecular complexity index is 767. The number of carbonyl (C=O) groups excluding carboxylic acids is 2. The van der Waals surface area contributed by atoms with Gasteiger partial charge in [0.1, 0.15) is 11.4 Å². The first kappa shape index (κ1) is 18.2. The summed E-state index contributed by atoms with van der Waals surface area (Å²) in [5, 5.41) is 6.72. The molecule has 0 fully saturated rings. The molecule has 0 unspecified atom stereocenters. The maximum Gasteiger partial charge on any atom is 0.413 e. The van der Waals surface area contributed by atoms with Crippen LogP contribution in [0.15, 0.2) is 24.4 Å². The van der Waals surface area contributed by atoms with E-state index >= 15 is 0 Å². The third-order valence-corrected chi connectivity index (χ3v) is 3.33. The Labute approximate surface area is 152 Å². The van der Waals surface area contributed by atoms with Gasteiger partial charge in [-0.2, -0.15) is 9.78 Å². The highest BCUT2D eigenvalue weighted by molar-refractivity contribution is 14.1. The van der Waals surface area contributed by atoms with Crippen LogP contribution < -0.4 is 5.32 Å². The maximum atomic E-state index is 12.0. The Hall–Kier alpha value is -2.17. The Morgan fingerprint density at radius 1 is 1.29 bits per heavy atom. The molecule has 2 aromatic heterocycles. The van der Waals surface area contributed by atoms with Gasteiger partial charge >= 0.3 is 12.1 Å². The number of hydrogen-bond donors (Lipinski definition) is 1. The number of rotatable bonds is 3. The summed E-state index contributed by atoms with van der Waals surface area (Å²) in [5.74, 6) is 0.0777. The van der Waals surface area contributed by atoms with Crippen molar-refractivity contribution in [1.29, 1.82) is 0 Å². The summed E-state index contributed by atoms with van der Waals surface area (Å²) in [5.41, 5.74) is -0.607. The first-order chi connectivity index (χ1) is 11.2. The number of halogens is 1. The second-order valence-corrected chi connectivity index (χ2v) is 7.02. The van der Waals surface area contributed by atoms with Crippen LogP contribution in [0.2, 0.25) is 0 Å². The molecule has 1 N–H and O–H groups in total. The molecule has 2 aromatic rings. The molecule has 128 valence electrons. The van der Waals surface area contributed by atoms with E-state index in [4.69, 9.17) is 4.74 Å². The molecule has 0 saturated carbocycles. The molecule has 0 saturated heterocycles. The molecule has 0 atom stereocenters. The zero-order valence-electron chi connectivity index (χ0n) is 13.7. The molecule has 2 rings (SSSR count). The zero-order chi connectivity index (χ0) is 17.9. The highest BCUT2D eigenvalue weighted by Crippen LogP contribution is 2.19. The summed E-state index contributed by atoms with van der Waals surface area (Å²) >= 11 is 2.13. The highest BCUT2D eigenvalue weighted by atomic mass is 127. The minimum absolute atomic E-state index is 0.0456. The first-order valence-corrected chi connectivity index (χ1v) is 8.08. The van der Waals surface area contributed by atoms with E-state index < -0.39 is 17.7 Å². The Morgan fingerprint density at radius 3 is 2.58 bits per heavy atom. The largest absolute Gasteiger partial charge is 0.464 e.